The number of halogens is 2. The van der Waals surface area contributed by atoms with Crippen LogP contribution in [0.3, 0.4) is 0 Å². The van der Waals surface area contributed by atoms with Crippen LogP contribution in [0.2, 0.25) is 10.0 Å². The van der Waals surface area contributed by atoms with Gasteiger partial charge in [0.1, 0.15) is 0 Å². The Kier molecular flexibility index (Phi) is 1.97. The van der Waals surface area contributed by atoms with Crippen LogP contribution in [0, 0.1) is 0 Å². The number of hydrogen-bond acceptors (Lipinski definition) is 1. The molecule has 68 valence electrons. The van der Waals surface area contributed by atoms with Crippen molar-refractivity contribution in [3.8, 4) is 0 Å². The Labute approximate surface area is 86.0 Å². The summed E-state index contributed by atoms with van der Waals surface area (Å²) in [5, 5.41) is 0.991. The Hall–Kier alpha value is -0.730. The number of carbonyl (C=O) groups excluding carboxylic acids is 1. The van der Waals surface area contributed by atoms with Crippen molar-refractivity contribution in [2.45, 2.75) is 6.42 Å². The van der Waals surface area contributed by atoms with Crippen LogP contribution in [0.15, 0.2) is 12.1 Å². The molecule has 13 heavy (non-hydrogen) atoms. The van der Waals surface area contributed by atoms with E-state index in [0.29, 0.717) is 16.5 Å². The van der Waals surface area contributed by atoms with Crippen molar-refractivity contribution in [2.24, 2.45) is 0 Å². The fourth-order valence-electron chi connectivity index (χ4n) is 1.45. The van der Waals surface area contributed by atoms with Crippen LogP contribution >= 0.6 is 23.2 Å². The summed E-state index contributed by atoms with van der Waals surface area (Å²) in [6.45, 7) is 0. The first kappa shape index (κ1) is 8.85. The molecular weight excluding hydrogens is 209 g/mol. The lowest BCUT2D eigenvalue weighted by molar-refractivity contribution is -0.117. The summed E-state index contributed by atoms with van der Waals surface area (Å²) in [5.41, 5.74) is 1.81. The molecule has 0 atom stereocenters. The van der Waals surface area contributed by atoms with Crippen molar-refractivity contribution in [2.75, 3.05) is 11.9 Å². The first-order valence-electron chi connectivity index (χ1n) is 3.84. The van der Waals surface area contributed by atoms with Crippen LogP contribution in [0.5, 0.6) is 0 Å². The Morgan fingerprint density at radius 3 is 2.62 bits per heavy atom. The summed E-state index contributed by atoms with van der Waals surface area (Å²) >= 11 is 11.7. The van der Waals surface area contributed by atoms with Crippen molar-refractivity contribution in [1.82, 2.24) is 0 Å². The van der Waals surface area contributed by atoms with Gasteiger partial charge in [-0.25, -0.2) is 0 Å². The third-order valence-corrected chi connectivity index (χ3v) is 2.92. The number of rotatable bonds is 0. The van der Waals surface area contributed by atoms with Gasteiger partial charge in [-0.05, 0) is 17.7 Å². The van der Waals surface area contributed by atoms with Gasteiger partial charge in [0.25, 0.3) is 0 Å². The fraction of sp³-hybridized carbons (Fsp3) is 0.222. The normalized spacial score (nSPS) is 15.0. The number of fused-ring (bicyclic) bond motifs is 1. The van der Waals surface area contributed by atoms with Gasteiger partial charge >= 0.3 is 0 Å². The first-order valence-corrected chi connectivity index (χ1v) is 4.59. The molecule has 2 rings (SSSR count). The topological polar surface area (TPSA) is 20.3 Å². The maximum atomic E-state index is 11.3. The summed E-state index contributed by atoms with van der Waals surface area (Å²) < 4.78 is 0. The van der Waals surface area contributed by atoms with Gasteiger partial charge in [0.2, 0.25) is 5.91 Å². The molecule has 0 bridgehead atoms. The second kappa shape index (κ2) is 2.89. The van der Waals surface area contributed by atoms with Gasteiger partial charge in [0.15, 0.2) is 0 Å². The van der Waals surface area contributed by atoms with Crippen molar-refractivity contribution < 1.29 is 4.79 Å². The number of likely N-dealkylation sites (N-methyl/N-ethyl adjacent to an activating group) is 1. The molecule has 1 aliphatic heterocycles. The van der Waals surface area contributed by atoms with Crippen molar-refractivity contribution in [1.29, 1.82) is 0 Å². The van der Waals surface area contributed by atoms with Crippen molar-refractivity contribution in [3.63, 3.8) is 0 Å². The van der Waals surface area contributed by atoms with E-state index in [4.69, 9.17) is 23.2 Å². The second-order valence-corrected chi connectivity index (χ2v) is 3.84. The van der Waals surface area contributed by atoms with E-state index >= 15 is 0 Å². The lowest BCUT2D eigenvalue weighted by Gasteiger charge is -2.10. The van der Waals surface area contributed by atoms with Gasteiger partial charge in [0, 0.05) is 12.7 Å². The molecular formula is C9H7Cl2NO. The quantitative estimate of drug-likeness (QED) is 0.652. The van der Waals surface area contributed by atoms with Crippen LogP contribution in [-0.2, 0) is 11.2 Å². The maximum Gasteiger partial charge on any atom is 0.231 e. The molecule has 2 nitrogen and oxygen atoms in total. The van der Waals surface area contributed by atoms with Gasteiger partial charge in [-0.3, -0.25) is 4.79 Å². The molecule has 1 aromatic carbocycles. The largest absolute Gasteiger partial charge is 0.315 e. The van der Waals surface area contributed by atoms with E-state index in [2.05, 4.69) is 0 Å². The van der Waals surface area contributed by atoms with Crippen molar-refractivity contribution >= 4 is 34.8 Å². The molecule has 0 fully saturated rings. The number of benzene rings is 1. The zero-order chi connectivity index (χ0) is 9.59. The summed E-state index contributed by atoms with van der Waals surface area (Å²) in [5.74, 6) is 0.0772. The molecule has 1 aromatic rings. The Balaban J connectivity index is 2.59. The Bertz CT molecular complexity index is 389. The minimum atomic E-state index is 0.0772. The highest BCUT2D eigenvalue weighted by Gasteiger charge is 2.24. The number of hydrogen-bond donors (Lipinski definition) is 0. The summed E-state index contributed by atoms with van der Waals surface area (Å²) in [6.07, 6.45) is 0.419. The van der Waals surface area contributed by atoms with Gasteiger partial charge in [-0.15, -0.1) is 0 Å². The highest BCUT2D eigenvalue weighted by molar-refractivity contribution is 6.42. The minimum absolute atomic E-state index is 0.0772. The molecule has 0 N–H and O–H groups in total. The minimum Gasteiger partial charge on any atom is -0.315 e. The van der Waals surface area contributed by atoms with Crippen molar-refractivity contribution in [3.05, 3.63) is 27.7 Å². The predicted molar refractivity (Wildman–Crippen MR) is 53.6 cm³/mol. The maximum absolute atomic E-state index is 11.3. The first-order chi connectivity index (χ1) is 6.09. The van der Waals surface area contributed by atoms with E-state index < -0.39 is 0 Å². The molecule has 1 aliphatic rings. The highest BCUT2D eigenvalue weighted by atomic mass is 35.5. The van der Waals surface area contributed by atoms with Gasteiger partial charge in [-0.1, -0.05) is 23.2 Å². The van der Waals surface area contributed by atoms with E-state index in [1.807, 2.05) is 0 Å². The van der Waals surface area contributed by atoms with E-state index in [9.17, 15) is 4.79 Å². The number of carbonyl (C=O) groups is 1. The van der Waals surface area contributed by atoms with Crippen LogP contribution < -0.4 is 4.90 Å². The lowest BCUT2D eigenvalue weighted by atomic mass is 10.2. The zero-order valence-electron chi connectivity index (χ0n) is 6.97. The Morgan fingerprint density at radius 1 is 1.31 bits per heavy atom. The fourth-order valence-corrected chi connectivity index (χ4v) is 1.79. The molecule has 0 radical (unpaired) electrons. The summed E-state index contributed by atoms with van der Waals surface area (Å²) in [7, 11) is 1.73. The molecule has 0 saturated heterocycles. The molecule has 0 aliphatic carbocycles. The molecule has 0 saturated carbocycles. The molecule has 1 heterocycles. The van der Waals surface area contributed by atoms with Crippen LogP contribution in [0.4, 0.5) is 5.69 Å². The third-order valence-electron chi connectivity index (χ3n) is 2.20. The molecule has 0 unspecified atom stereocenters. The van der Waals surface area contributed by atoms with Crippen LogP contribution in [0.25, 0.3) is 0 Å². The SMILES string of the molecule is CN1C(=O)Cc2cc(Cl)c(Cl)cc21. The number of anilines is 1. The predicted octanol–water partition coefficient (Wildman–Crippen LogP) is 2.51. The summed E-state index contributed by atoms with van der Waals surface area (Å²) in [6, 6.07) is 3.48. The average molecular weight is 216 g/mol. The molecule has 0 spiro atoms. The lowest BCUT2D eigenvalue weighted by Crippen LogP contribution is -2.20. The standard InChI is InChI=1S/C9H7Cl2NO/c1-12-8-4-7(11)6(10)2-5(8)3-9(12)13/h2,4H,3H2,1H3. The Morgan fingerprint density at radius 2 is 1.92 bits per heavy atom. The van der Waals surface area contributed by atoms with Crippen LogP contribution in [-0.4, -0.2) is 13.0 Å². The number of nitrogens with zero attached hydrogens (tertiary/aromatic N) is 1. The van der Waals surface area contributed by atoms with E-state index in [-0.39, 0.29) is 5.91 Å². The monoisotopic (exact) mass is 215 g/mol. The number of amides is 1. The van der Waals surface area contributed by atoms with Gasteiger partial charge in [-0.2, -0.15) is 0 Å². The zero-order valence-corrected chi connectivity index (χ0v) is 8.49. The highest BCUT2D eigenvalue weighted by Crippen LogP contribution is 2.34. The van der Waals surface area contributed by atoms with Crippen LogP contribution in [0.1, 0.15) is 5.56 Å². The van der Waals surface area contributed by atoms with E-state index in [1.54, 1.807) is 24.1 Å². The summed E-state index contributed by atoms with van der Waals surface area (Å²) in [4.78, 5) is 12.9. The van der Waals surface area contributed by atoms with E-state index in [1.165, 1.54) is 0 Å². The molecule has 0 aromatic heterocycles. The van der Waals surface area contributed by atoms with Gasteiger partial charge < -0.3 is 4.90 Å². The molecule has 1 amide bonds. The second-order valence-electron chi connectivity index (χ2n) is 3.02. The third kappa shape index (κ3) is 1.30. The van der Waals surface area contributed by atoms with Gasteiger partial charge in [0.05, 0.1) is 16.5 Å². The average Bonchev–Trinajstić information content (AvgIpc) is 2.32. The smallest absolute Gasteiger partial charge is 0.231 e. The van der Waals surface area contributed by atoms with E-state index in [0.717, 1.165) is 11.3 Å². The molecule has 4 heteroatoms.